The molecule has 0 N–H and O–H groups in total. The molecule has 8 aromatic rings. The number of benzene rings is 6. The maximum absolute atomic E-state index is 2.45. The molecule has 42 heavy (non-hydrogen) atoms. The van der Waals surface area contributed by atoms with Crippen molar-refractivity contribution in [3.05, 3.63) is 139 Å². The van der Waals surface area contributed by atoms with Crippen LogP contribution in [0.3, 0.4) is 0 Å². The number of aromatic nitrogens is 2. The van der Waals surface area contributed by atoms with E-state index in [9.17, 15) is 0 Å². The van der Waals surface area contributed by atoms with Crippen LogP contribution in [-0.2, 0) is 12.5 Å². The second kappa shape index (κ2) is 8.24. The molecule has 0 saturated heterocycles. The lowest BCUT2D eigenvalue weighted by Crippen LogP contribution is -2.15. The van der Waals surface area contributed by atoms with Crippen molar-refractivity contribution in [1.82, 2.24) is 9.13 Å². The first-order chi connectivity index (χ1) is 20.5. The summed E-state index contributed by atoms with van der Waals surface area (Å²) in [6.07, 6.45) is 0. The first kappa shape index (κ1) is 23.6. The van der Waals surface area contributed by atoms with Crippen molar-refractivity contribution in [3.63, 3.8) is 0 Å². The third-order valence-corrected chi connectivity index (χ3v) is 9.74. The molecule has 0 spiro atoms. The van der Waals surface area contributed by atoms with Crippen LogP contribution in [0.5, 0.6) is 0 Å². The Morgan fingerprint density at radius 2 is 1.00 bits per heavy atom. The number of aryl methyl sites for hydroxylation is 1. The van der Waals surface area contributed by atoms with Gasteiger partial charge in [0, 0.05) is 50.7 Å². The van der Waals surface area contributed by atoms with Crippen molar-refractivity contribution in [2.45, 2.75) is 19.3 Å². The zero-order chi connectivity index (χ0) is 28.2. The molecule has 0 amide bonds. The molecule has 0 aliphatic heterocycles. The highest BCUT2D eigenvalue weighted by Crippen LogP contribution is 2.49. The molecule has 9 rings (SSSR count). The van der Waals surface area contributed by atoms with E-state index in [4.69, 9.17) is 0 Å². The molecule has 0 bridgehead atoms. The molecule has 2 heterocycles. The van der Waals surface area contributed by atoms with Gasteiger partial charge in [-0.2, -0.15) is 0 Å². The second-order valence-corrected chi connectivity index (χ2v) is 12.3. The van der Waals surface area contributed by atoms with Crippen molar-refractivity contribution < 1.29 is 0 Å². The molecule has 2 aromatic heterocycles. The quantitative estimate of drug-likeness (QED) is 0.207. The first-order valence-corrected chi connectivity index (χ1v) is 14.8. The van der Waals surface area contributed by atoms with Gasteiger partial charge in [-0.05, 0) is 81.9 Å². The Morgan fingerprint density at radius 3 is 1.79 bits per heavy atom. The van der Waals surface area contributed by atoms with E-state index in [1.807, 2.05) is 0 Å². The van der Waals surface area contributed by atoms with Gasteiger partial charge in [0.15, 0.2) is 0 Å². The normalized spacial score (nSPS) is 13.8. The predicted molar refractivity (Wildman–Crippen MR) is 178 cm³/mol. The summed E-state index contributed by atoms with van der Waals surface area (Å²) in [4.78, 5) is 0. The van der Waals surface area contributed by atoms with Crippen LogP contribution in [0.25, 0.3) is 71.6 Å². The van der Waals surface area contributed by atoms with Gasteiger partial charge in [-0.3, -0.25) is 0 Å². The van der Waals surface area contributed by atoms with Crippen LogP contribution in [-0.4, -0.2) is 9.13 Å². The summed E-state index contributed by atoms with van der Waals surface area (Å²) >= 11 is 0. The molecule has 2 heteroatoms. The van der Waals surface area contributed by atoms with Gasteiger partial charge in [-0.15, -0.1) is 0 Å². The van der Waals surface area contributed by atoms with Crippen LogP contribution in [0.2, 0.25) is 0 Å². The number of para-hydroxylation sites is 2. The number of fused-ring (bicyclic) bond motifs is 9. The molecule has 0 saturated carbocycles. The first-order valence-electron chi connectivity index (χ1n) is 14.8. The Hall–Kier alpha value is -5.08. The molecule has 2 nitrogen and oxygen atoms in total. The second-order valence-electron chi connectivity index (χ2n) is 12.3. The summed E-state index contributed by atoms with van der Waals surface area (Å²) in [7, 11) is 2.16. The van der Waals surface area contributed by atoms with Gasteiger partial charge in [0.2, 0.25) is 0 Å². The highest BCUT2D eigenvalue weighted by atomic mass is 15.0. The Balaban J connectivity index is 1.24. The molecule has 0 unspecified atom stereocenters. The van der Waals surface area contributed by atoms with E-state index in [1.165, 1.54) is 82.7 Å². The fraction of sp³-hybridized carbons (Fsp3) is 0.100. The third-order valence-electron chi connectivity index (χ3n) is 9.74. The molecule has 0 fully saturated rings. The molecule has 1 aliphatic carbocycles. The summed E-state index contributed by atoms with van der Waals surface area (Å²) in [6.45, 7) is 4.71. The minimum Gasteiger partial charge on any atom is -0.344 e. The van der Waals surface area contributed by atoms with Gasteiger partial charge in [-0.25, -0.2) is 0 Å². The third kappa shape index (κ3) is 3.04. The molecule has 6 aromatic carbocycles. The van der Waals surface area contributed by atoms with E-state index < -0.39 is 0 Å². The number of hydrogen-bond donors (Lipinski definition) is 0. The van der Waals surface area contributed by atoms with Gasteiger partial charge in [-0.1, -0.05) is 92.7 Å². The van der Waals surface area contributed by atoms with E-state index in [2.05, 4.69) is 157 Å². The lowest BCUT2D eigenvalue weighted by molar-refractivity contribution is 0.660. The van der Waals surface area contributed by atoms with Crippen LogP contribution in [0.4, 0.5) is 0 Å². The topological polar surface area (TPSA) is 9.86 Å². The molecular formula is C40H30N2. The summed E-state index contributed by atoms with van der Waals surface area (Å²) in [6, 6.07) is 47.3. The lowest BCUT2D eigenvalue weighted by atomic mass is 9.82. The van der Waals surface area contributed by atoms with Crippen molar-refractivity contribution in [3.8, 4) is 27.9 Å². The fourth-order valence-electron chi connectivity index (χ4n) is 7.61. The van der Waals surface area contributed by atoms with E-state index in [-0.39, 0.29) is 5.41 Å². The molecule has 0 atom stereocenters. The standard InChI is InChI=1S/C40H30N2/c1-40(2)34-13-7-4-10-28(34)29-19-18-27(24-35(29)40)42-38-15-9-6-12-31(38)33-23-26(17-21-39(33)42)25-16-20-37-32(22-25)30-11-5-8-14-36(30)41(37)3/h4-24H,1-3H3. The van der Waals surface area contributed by atoms with E-state index >= 15 is 0 Å². The maximum atomic E-state index is 2.45. The molecule has 200 valence electrons. The summed E-state index contributed by atoms with van der Waals surface area (Å²) in [5.41, 5.74) is 14.2. The van der Waals surface area contributed by atoms with E-state index in [1.54, 1.807) is 0 Å². The Bertz CT molecular complexity index is 2400. The van der Waals surface area contributed by atoms with E-state index in [0.717, 1.165) is 0 Å². The lowest BCUT2D eigenvalue weighted by Gasteiger charge is -2.22. The van der Waals surface area contributed by atoms with Gasteiger partial charge < -0.3 is 9.13 Å². The van der Waals surface area contributed by atoms with E-state index in [0.29, 0.717) is 0 Å². The van der Waals surface area contributed by atoms with Gasteiger partial charge in [0.1, 0.15) is 0 Å². The molecule has 0 radical (unpaired) electrons. The highest BCUT2D eigenvalue weighted by molar-refractivity contribution is 6.12. The van der Waals surface area contributed by atoms with Gasteiger partial charge >= 0.3 is 0 Å². The fourth-order valence-corrected chi connectivity index (χ4v) is 7.61. The van der Waals surface area contributed by atoms with Crippen LogP contribution in [0.15, 0.2) is 127 Å². The number of rotatable bonds is 2. The highest BCUT2D eigenvalue weighted by Gasteiger charge is 2.35. The van der Waals surface area contributed by atoms with Crippen molar-refractivity contribution in [1.29, 1.82) is 0 Å². The zero-order valence-corrected chi connectivity index (χ0v) is 24.0. The van der Waals surface area contributed by atoms with Crippen LogP contribution < -0.4 is 0 Å². The Labute approximate surface area is 245 Å². The van der Waals surface area contributed by atoms with Crippen LogP contribution in [0.1, 0.15) is 25.0 Å². The maximum Gasteiger partial charge on any atom is 0.0541 e. The van der Waals surface area contributed by atoms with Crippen LogP contribution in [0, 0.1) is 0 Å². The number of hydrogen-bond acceptors (Lipinski definition) is 0. The van der Waals surface area contributed by atoms with Crippen molar-refractivity contribution in [2.24, 2.45) is 7.05 Å². The number of nitrogens with zero attached hydrogens (tertiary/aromatic N) is 2. The molecule has 1 aliphatic rings. The Kier molecular flexibility index (Phi) is 4.63. The minimum absolute atomic E-state index is 0.0336. The Morgan fingerprint density at radius 1 is 0.452 bits per heavy atom. The SMILES string of the molecule is Cn1c2ccccc2c2cc(-c3ccc4c(c3)c3ccccc3n4-c3ccc4c(c3)C(C)(C)c3ccccc3-4)ccc21. The average molecular weight is 539 g/mol. The van der Waals surface area contributed by atoms with Gasteiger partial charge in [0.25, 0.3) is 0 Å². The largest absolute Gasteiger partial charge is 0.344 e. The van der Waals surface area contributed by atoms with Crippen LogP contribution >= 0.6 is 0 Å². The summed E-state index contributed by atoms with van der Waals surface area (Å²) < 4.78 is 4.74. The monoisotopic (exact) mass is 538 g/mol. The summed E-state index contributed by atoms with van der Waals surface area (Å²) in [5, 5.41) is 5.17. The zero-order valence-electron chi connectivity index (χ0n) is 24.0. The smallest absolute Gasteiger partial charge is 0.0541 e. The predicted octanol–water partition coefficient (Wildman–Crippen LogP) is 10.4. The molecular weight excluding hydrogens is 508 g/mol. The summed E-state index contributed by atoms with van der Waals surface area (Å²) in [5.74, 6) is 0. The van der Waals surface area contributed by atoms with Crippen molar-refractivity contribution >= 4 is 43.6 Å². The van der Waals surface area contributed by atoms with Gasteiger partial charge in [0.05, 0.1) is 11.0 Å². The average Bonchev–Trinajstić information content (AvgIpc) is 3.60. The van der Waals surface area contributed by atoms with Crippen molar-refractivity contribution in [2.75, 3.05) is 0 Å². The minimum atomic E-state index is -0.0336.